The van der Waals surface area contributed by atoms with E-state index in [2.05, 4.69) is 22.2 Å². The minimum atomic E-state index is -0.526. The molecule has 24 heavy (non-hydrogen) atoms. The van der Waals surface area contributed by atoms with Gasteiger partial charge in [0.1, 0.15) is 11.7 Å². The SMILES string of the molecule is C=CC(C)(C)c1[nH]c2ccccc2c1/C=C1\NC(=O)[C@@H](C)NC1=O. The molecular formula is C19H21N3O2. The van der Waals surface area contributed by atoms with Gasteiger partial charge in [0.05, 0.1) is 0 Å². The lowest BCUT2D eigenvalue weighted by atomic mass is 9.86. The minimum Gasteiger partial charge on any atom is -0.357 e. The summed E-state index contributed by atoms with van der Waals surface area (Å²) < 4.78 is 0. The van der Waals surface area contributed by atoms with Crippen LogP contribution in [0.3, 0.4) is 0 Å². The first kappa shape index (κ1) is 16.1. The quantitative estimate of drug-likeness (QED) is 0.600. The van der Waals surface area contributed by atoms with E-state index in [-0.39, 0.29) is 22.9 Å². The average Bonchev–Trinajstić information content (AvgIpc) is 2.92. The van der Waals surface area contributed by atoms with Crippen LogP contribution in [0, 0.1) is 0 Å². The summed E-state index contributed by atoms with van der Waals surface area (Å²) in [4.78, 5) is 27.5. The summed E-state index contributed by atoms with van der Waals surface area (Å²) in [7, 11) is 0. The van der Waals surface area contributed by atoms with Gasteiger partial charge in [-0.3, -0.25) is 9.59 Å². The molecule has 5 nitrogen and oxygen atoms in total. The highest BCUT2D eigenvalue weighted by Crippen LogP contribution is 2.33. The van der Waals surface area contributed by atoms with Gasteiger partial charge < -0.3 is 15.6 Å². The van der Waals surface area contributed by atoms with Gasteiger partial charge in [0, 0.05) is 27.6 Å². The standard InChI is InChI=1S/C19H21N3O2/c1-5-19(3,4)16-13(12-8-6-7-9-14(12)21-16)10-15-18(24)20-11(2)17(23)22-15/h5-11,21H,1H2,2-4H3,(H,20,24)(H,22,23)/b15-10-/t11-/m1/s1. The van der Waals surface area contributed by atoms with Crippen LogP contribution in [-0.2, 0) is 15.0 Å². The summed E-state index contributed by atoms with van der Waals surface area (Å²) in [6, 6.07) is 7.36. The molecular weight excluding hydrogens is 302 g/mol. The number of aromatic amines is 1. The van der Waals surface area contributed by atoms with E-state index in [1.54, 1.807) is 13.0 Å². The Bertz CT molecular complexity index is 874. The third-order valence-electron chi connectivity index (χ3n) is 4.43. The van der Waals surface area contributed by atoms with E-state index in [0.717, 1.165) is 22.2 Å². The van der Waals surface area contributed by atoms with Crippen LogP contribution in [-0.4, -0.2) is 22.8 Å². The maximum Gasteiger partial charge on any atom is 0.268 e. The number of para-hydroxylation sites is 1. The molecule has 1 aromatic heterocycles. The van der Waals surface area contributed by atoms with Crippen molar-refractivity contribution >= 4 is 28.8 Å². The van der Waals surface area contributed by atoms with Crippen LogP contribution in [0.4, 0.5) is 0 Å². The highest BCUT2D eigenvalue weighted by Gasteiger charge is 2.28. The molecule has 0 radical (unpaired) electrons. The van der Waals surface area contributed by atoms with Crippen molar-refractivity contribution in [3.05, 3.63) is 53.9 Å². The highest BCUT2D eigenvalue weighted by atomic mass is 16.2. The van der Waals surface area contributed by atoms with Gasteiger partial charge in [-0.25, -0.2) is 0 Å². The number of fused-ring (bicyclic) bond motifs is 1. The van der Waals surface area contributed by atoms with Crippen LogP contribution in [0.15, 0.2) is 42.6 Å². The third-order valence-corrected chi connectivity index (χ3v) is 4.43. The van der Waals surface area contributed by atoms with Crippen LogP contribution >= 0.6 is 0 Å². The largest absolute Gasteiger partial charge is 0.357 e. The van der Waals surface area contributed by atoms with E-state index in [4.69, 9.17) is 0 Å². The summed E-state index contributed by atoms with van der Waals surface area (Å²) in [5.41, 5.74) is 2.75. The number of allylic oxidation sites excluding steroid dienone is 1. The first-order valence-corrected chi connectivity index (χ1v) is 7.91. The molecule has 1 aliphatic rings. The number of piperazine rings is 1. The number of carbonyl (C=O) groups is 2. The van der Waals surface area contributed by atoms with Crippen molar-refractivity contribution in [1.82, 2.24) is 15.6 Å². The Morgan fingerprint density at radius 1 is 1.21 bits per heavy atom. The first-order valence-electron chi connectivity index (χ1n) is 7.91. The van der Waals surface area contributed by atoms with Crippen molar-refractivity contribution in [3.8, 4) is 0 Å². The van der Waals surface area contributed by atoms with Crippen molar-refractivity contribution in [2.75, 3.05) is 0 Å². The molecule has 1 fully saturated rings. The molecule has 1 aromatic carbocycles. The fourth-order valence-electron chi connectivity index (χ4n) is 2.81. The molecule has 124 valence electrons. The van der Waals surface area contributed by atoms with Gasteiger partial charge in [0.2, 0.25) is 5.91 Å². The van der Waals surface area contributed by atoms with Crippen molar-refractivity contribution in [2.45, 2.75) is 32.2 Å². The molecule has 2 aromatic rings. The number of hydrogen-bond acceptors (Lipinski definition) is 2. The van der Waals surface area contributed by atoms with E-state index < -0.39 is 6.04 Å². The Morgan fingerprint density at radius 2 is 1.92 bits per heavy atom. The summed E-state index contributed by atoms with van der Waals surface area (Å²) >= 11 is 0. The molecule has 0 spiro atoms. The number of benzene rings is 1. The topological polar surface area (TPSA) is 74.0 Å². The number of amides is 2. The molecule has 1 saturated heterocycles. The summed E-state index contributed by atoms with van der Waals surface area (Å²) in [6.07, 6.45) is 3.60. The van der Waals surface area contributed by atoms with E-state index in [0.29, 0.717) is 0 Å². The zero-order valence-electron chi connectivity index (χ0n) is 14.1. The second-order valence-electron chi connectivity index (χ2n) is 6.63. The van der Waals surface area contributed by atoms with Crippen molar-refractivity contribution in [2.24, 2.45) is 0 Å². The molecule has 2 amide bonds. The molecule has 0 aliphatic carbocycles. The maximum absolute atomic E-state index is 12.2. The molecule has 2 heterocycles. The van der Waals surface area contributed by atoms with Crippen LogP contribution < -0.4 is 10.6 Å². The van der Waals surface area contributed by atoms with E-state index in [9.17, 15) is 9.59 Å². The van der Waals surface area contributed by atoms with Crippen LogP contribution in [0.25, 0.3) is 17.0 Å². The van der Waals surface area contributed by atoms with Crippen molar-refractivity contribution in [3.63, 3.8) is 0 Å². The smallest absolute Gasteiger partial charge is 0.268 e. The highest BCUT2D eigenvalue weighted by molar-refractivity contribution is 6.08. The lowest BCUT2D eigenvalue weighted by Crippen LogP contribution is -2.53. The van der Waals surface area contributed by atoms with Gasteiger partial charge in [-0.15, -0.1) is 6.58 Å². The summed E-state index contributed by atoms with van der Waals surface area (Å²) in [5.74, 6) is -0.500. The molecule has 0 unspecified atom stereocenters. The molecule has 3 rings (SSSR count). The Balaban J connectivity index is 2.20. The second kappa shape index (κ2) is 5.67. The summed E-state index contributed by atoms with van der Waals surface area (Å²) in [6.45, 7) is 9.67. The van der Waals surface area contributed by atoms with Gasteiger partial charge >= 0.3 is 0 Å². The van der Waals surface area contributed by atoms with Gasteiger partial charge in [-0.05, 0) is 19.1 Å². The van der Waals surface area contributed by atoms with Crippen LogP contribution in [0.2, 0.25) is 0 Å². The zero-order valence-corrected chi connectivity index (χ0v) is 14.1. The van der Waals surface area contributed by atoms with Crippen molar-refractivity contribution < 1.29 is 9.59 Å². The normalized spacial score (nSPS) is 20.1. The zero-order chi connectivity index (χ0) is 17.5. The lowest BCUT2D eigenvalue weighted by molar-refractivity contribution is -0.130. The van der Waals surface area contributed by atoms with Gasteiger partial charge in [0.25, 0.3) is 5.91 Å². The summed E-state index contributed by atoms with van der Waals surface area (Å²) in [5, 5.41) is 6.34. The van der Waals surface area contributed by atoms with Gasteiger partial charge in [-0.1, -0.05) is 38.1 Å². The number of nitrogens with one attached hydrogen (secondary N) is 3. The van der Waals surface area contributed by atoms with Crippen LogP contribution in [0.1, 0.15) is 32.0 Å². The number of aromatic nitrogens is 1. The minimum absolute atomic E-state index is 0.217. The molecule has 3 N–H and O–H groups in total. The van der Waals surface area contributed by atoms with Crippen LogP contribution in [0.5, 0.6) is 0 Å². The monoisotopic (exact) mass is 323 g/mol. The molecule has 0 bridgehead atoms. The van der Waals surface area contributed by atoms with Crippen molar-refractivity contribution in [1.29, 1.82) is 0 Å². The third kappa shape index (κ3) is 2.62. The Labute approximate surface area is 140 Å². The predicted octanol–water partition coefficient (Wildman–Crippen LogP) is 2.61. The fourth-order valence-corrected chi connectivity index (χ4v) is 2.81. The van der Waals surface area contributed by atoms with E-state index >= 15 is 0 Å². The average molecular weight is 323 g/mol. The van der Waals surface area contributed by atoms with E-state index in [1.165, 1.54) is 0 Å². The molecule has 1 atom stereocenters. The first-order chi connectivity index (χ1) is 11.3. The number of hydrogen-bond donors (Lipinski definition) is 3. The number of rotatable bonds is 3. The number of carbonyl (C=O) groups excluding carboxylic acids is 2. The fraction of sp³-hybridized carbons (Fsp3) is 0.263. The Morgan fingerprint density at radius 3 is 2.62 bits per heavy atom. The van der Waals surface area contributed by atoms with Gasteiger partial charge in [-0.2, -0.15) is 0 Å². The molecule has 5 heteroatoms. The second-order valence-corrected chi connectivity index (χ2v) is 6.63. The molecule has 0 saturated carbocycles. The number of H-pyrrole nitrogens is 1. The Kier molecular flexibility index (Phi) is 3.79. The maximum atomic E-state index is 12.2. The predicted molar refractivity (Wildman–Crippen MR) is 95.2 cm³/mol. The lowest BCUT2D eigenvalue weighted by Gasteiger charge is -2.23. The Hall–Kier alpha value is -2.82. The van der Waals surface area contributed by atoms with E-state index in [1.807, 2.05) is 44.2 Å². The van der Waals surface area contributed by atoms with Gasteiger partial charge in [0.15, 0.2) is 0 Å². The molecule has 1 aliphatic heterocycles.